The highest BCUT2D eigenvalue weighted by Crippen LogP contribution is 2.22. The van der Waals surface area contributed by atoms with Gasteiger partial charge in [-0.1, -0.05) is 24.3 Å². The normalized spacial score (nSPS) is 22.0. The second kappa shape index (κ2) is 8.43. The Hall–Kier alpha value is -1.68. The number of amides is 1. The molecule has 1 atom stereocenters. The molecule has 1 heterocycles. The summed E-state index contributed by atoms with van der Waals surface area (Å²) in [5, 5.41) is 3.07. The molecule has 0 spiro atoms. The Labute approximate surface area is 143 Å². The van der Waals surface area contributed by atoms with Gasteiger partial charge in [0, 0.05) is 25.6 Å². The monoisotopic (exact) mass is 330 g/mol. The van der Waals surface area contributed by atoms with Gasteiger partial charge in [-0.2, -0.15) is 0 Å². The van der Waals surface area contributed by atoms with Crippen LogP contribution in [0, 0.1) is 11.7 Å². The molecular formula is C20H27FN2O. The summed E-state index contributed by atoms with van der Waals surface area (Å²) in [7, 11) is 0. The number of halogens is 1. The average molecular weight is 330 g/mol. The van der Waals surface area contributed by atoms with Gasteiger partial charge in [-0.15, -0.1) is 0 Å². The molecule has 3 rings (SSSR count). The van der Waals surface area contributed by atoms with E-state index in [0.717, 1.165) is 44.5 Å². The van der Waals surface area contributed by atoms with Crippen molar-refractivity contribution in [3.8, 4) is 0 Å². The lowest BCUT2D eigenvalue weighted by atomic mass is 9.93. The number of hydrogen-bond acceptors (Lipinski definition) is 2. The minimum atomic E-state index is -0.197. The first-order valence-electron chi connectivity index (χ1n) is 9.13. The average Bonchev–Trinajstić information content (AvgIpc) is 3.39. The predicted octanol–water partition coefficient (Wildman–Crippen LogP) is 3.61. The molecule has 0 aromatic heterocycles. The maximum atomic E-state index is 12.9. The summed E-state index contributed by atoms with van der Waals surface area (Å²) < 4.78 is 12.9. The molecule has 3 nitrogen and oxygen atoms in total. The third-order valence-corrected chi connectivity index (χ3v) is 4.87. The topological polar surface area (TPSA) is 32.3 Å². The van der Waals surface area contributed by atoms with E-state index >= 15 is 0 Å². The summed E-state index contributed by atoms with van der Waals surface area (Å²) in [6.45, 7) is 3.12. The van der Waals surface area contributed by atoms with Crippen molar-refractivity contribution >= 4 is 12.0 Å². The van der Waals surface area contributed by atoms with E-state index in [2.05, 4.69) is 16.3 Å². The van der Waals surface area contributed by atoms with E-state index in [9.17, 15) is 9.18 Å². The van der Waals surface area contributed by atoms with Gasteiger partial charge in [0.05, 0.1) is 0 Å². The molecule has 130 valence electrons. The van der Waals surface area contributed by atoms with Crippen molar-refractivity contribution in [1.82, 2.24) is 10.2 Å². The highest BCUT2D eigenvalue weighted by atomic mass is 19.1. The van der Waals surface area contributed by atoms with Crippen LogP contribution >= 0.6 is 0 Å². The van der Waals surface area contributed by atoms with Crippen LogP contribution in [0.1, 0.15) is 44.1 Å². The predicted molar refractivity (Wildman–Crippen MR) is 95.0 cm³/mol. The number of hydrogen-bond donors (Lipinski definition) is 1. The van der Waals surface area contributed by atoms with Crippen molar-refractivity contribution in [2.45, 2.75) is 44.6 Å². The van der Waals surface area contributed by atoms with Crippen LogP contribution in [0.15, 0.2) is 30.3 Å². The summed E-state index contributed by atoms with van der Waals surface area (Å²) in [6, 6.07) is 7.04. The summed E-state index contributed by atoms with van der Waals surface area (Å²) in [6.07, 6.45) is 10.6. The van der Waals surface area contributed by atoms with Gasteiger partial charge < -0.3 is 5.32 Å². The van der Waals surface area contributed by atoms with E-state index < -0.39 is 0 Å². The second-order valence-electron chi connectivity index (χ2n) is 7.10. The zero-order chi connectivity index (χ0) is 16.8. The standard InChI is InChI=1S/C20H27FN2O/c21-18-8-5-16(6-9-18)3-1-13-23-14-2-4-17(15-23)7-12-20(24)22-19-10-11-19/h1,3,5-6,8-9,17,19H,2,4,7,10-15H2,(H,22,24)/b3-1+/t17-/m0/s1. The highest BCUT2D eigenvalue weighted by molar-refractivity contribution is 5.76. The van der Waals surface area contributed by atoms with Gasteiger partial charge in [0.1, 0.15) is 5.82 Å². The molecule has 1 saturated carbocycles. The molecule has 1 saturated heterocycles. The molecule has 2 fully saturated rings. The van der Waals surface area contributed by atoms with Crippen molar-refractivity contribution in [3.63, 3.8) is 0 Å². The Morgan fingerprint density at radius 1 is 1.25 bits per heavy atom. The van der Waals surface area contributed by atoms with Gasteiger partial charge >= 0.3 is 0 Å². The van der Waals surface area contributed by atoms with Crippen LogP contribution in [0.5, 0.6) is 0 Å². The molecule has 0 bridgehead atoms. The molecule has 1 amide bonds. The number of nitrogens with one attached hydrogen (secondary N) is 1. The third kappa shape index (κ3) is 5.75. The van der Waals surface area contributed by atoms with E-state index in [1.54, 1.807) is 12.1 Å². The number of benzene rings is 1. The summed E-state index contributed by atoms with van der Waals surface area (Å²) in [5.74, 6) is 0.658. The molecular weight excluding hydrogens is 303 g/mol. The molecule has 1 aliphatic heterocycles. The Morgan fingerprint density at radius 3 is 2.79 bits per heavy atom. The first-order chi connectivity index (χ1) is 11.7. The fraction of sp³-hybridized carbons (Fsp3) is 0.550. The Kier molecular flexibility index (Phi) is 6.02. The summed E-state index contributed by atoms with van der Waals surface area (Å²) in [5.41, 5.74) is 1.03. The SMILES string of the molecule is O=C(CC[C@@H]1CCCN(C/C=C/c2ccc(F)cc2)C1)NC1CC1. The quantitative estimate of drug-likeness (QED) is 0.828. The lowest BCUT2D eigenvalue weighted by Gasteiger charge is -2.31. The highest BCUT2D eigenvalue weighted by Gasteiger charge is 2.24. The number of piperidine rings is 1. The van der Waals surface area contributed by atoms with Crippen LogP contribution in [-0.2, 0) is 4.79 Å². The van der Waals surface area contributed by atoms with Crippen molar-refractivity contribution in [1.29, 1.82) is 0 Å². The molecule has 1 aliphatic carbocycles. The first kappa shape index (κ1) is 17.2. The minimum Gasteiger partial charge on any atom is -0.353 e. The molecule has 1 aromatic rings. The summed E-state index contributed by atoms with van der Waals surface area (Å²) >= 11 is 0. The molecule has 1 N–H and O–H groups in total. The molecule has 0 radical (unpaired) electrons. The second-order valence-corrected chi connectivity index (χ2v) is 7.10. The van der Waals surface area contributed by atoms with E-state index in [1.165, 1.54) is 25.0 Å². The van der Waals surface area contributed by atoms with E-state index in [1.807, 2.05) is 6.08 Å². The van der Waals surface area contributed by atoms with Crippen molar-refractivity contribution < 1.29 is 9.18 Å². The van der Waals surface area contributed by atoms with Gasteiger partial charge in [-0.25, -0.2) is 4.39 Å². The van der Waals surface area contributed by atoms with Crippen LogP contribution in [0.3, 0.4) is 0 Å². The molecule has 2 aliphatic rings. The number of rotatable bonds is 7. The number of carbonyl (C=O) groups excluding carboxylic acids is 1. The van der Waals surface area contributed by atoms with Crippen LogP contribution < -0.4 is 5.32 Å². The van der Waals surface area contributed by atoms with E-state index in [0.29, 0.717) is 18.4 Å². The maximum Gasteiger partial charge on any atom is 0.220 e. The van der Waals surface area contributed by atoms with Crippen LogP contribution in [-0.4, -0.2) is 36.5 Å². The third-order valence-electron chi connectivity index (χ3n) is 4.87. The van der Waals surface area contributed by atoms with Crippen molar-refractivity contribution in [2.75, 3.05) is 19.6 Å². The molecule has 0 unspecified atom stereocenters. The largest absolute Gasteiger partial charge is 0.353 e. The van der Waals surface area contributed by atoms with Crippen molar-refractivity contribution in [2.24, 2.45) is 5.92 Å². The van der Waals surface area contributed by atoms with Gasteiger partial charge in [-0.05, 0) is 62.3 Å². The van der Waals surface area contributed by atoms with Gasteiger partial charge in [0.25, 0.3) is 0 Å². The number of nitrogens with zero attached hydrogens (tertiary/aromatic N) is 1. The Morgan fingerprint density at radius 2 is 2.04 bits per heavy atom. The smallest absolute Gasteiger partial charge is 0.220 e. The molecule has 24 heavy (non-hydrogen) atoms. The number of carbonyl (C=O) groups is 1. The zero-order valence-corrected chi connectivity index (χ0v) is 14.2. The fourth-order valence-corrected chi connectivity index (χ4v) is 3.33. The van der Waals surface area contributed by atoms with E-state index in [-0.39, 0.29) is 11.7 Å². The molecule has 4 heteroatoms. The van der Waals surface area contributed by atoms with Gasteiger partial charge in [0.15, 0.2) is 0 Å². The minimum absolute atomic E-state index is 0.197. The first-order valence-corrected chi connectivity index (χ1v) is 9.13. The van der Waals surface area contributed by atoms with Crippen molar-refractivity contribution in [3.05, 3.63) is 41.7 Å². The lowest BCUT2D eigenvalue weighted by Crippen LogP contribution is -2.36. The lowest BCUT2D eigenvalue weighted by molar-refractivity contribution is -0.121. The maximum absolute atomic E-state index is 12.9. The van der Waals surface area contributed by atoms with Gasteiger partial charge in [-0.3, -0.25) is 9.69 Å². The van der Waals surface area contributed by atoms with Crippen LogP contribution in [0.25, 0.3) is 6.08 Å². The van der Waals surface area contributed by atoms with Crippen LogP contribution in [0.2, 0.25) is 0 Å². The Balaban J connectivity index is 1.38. The van der Waals surface area contributed by atoms with Gasteiger partial charge in [0.2, 0.25) is 5.91 Å². The zero-order valence-electron chi connectivity index (χ0n) is 14.2. The Bertz CT molecular complexity index is 566. The van der Waals surface area contributed by atoms with Crippen LogP contribution in [0.4, 0.5) is 4.39 Å². The number of likely N-dealkylation sites (tertiary alicyclic amines) is 1. The molecule has 1 aromatic carbocycles. The summed E-state index contributed by atoms with van der Waals surface area (Å²) in [4.78, 5) is 14.3. The van der Waals surface area contributed by atoms with E-state index in [4.69, 9.17) is 0 Å². The fourth-order valence-electron chi connectivity index (χ4n) is 3.33.